The van der Waals surface area contributed by atoms with Gasteiger partial charge < -0.3 is 19.5 Å². The zero-order valence-electron chi connectivity index (χ0n) is 16.3. The van der Waals surface area contributed by atoms with Gasteiger partial charge in [0.15, 0.2) is 11.5 Å². The summed E-state index contributed by atoms with van der Waals surface area (Å²) in [6.07, 6.45) is 0.0237. The molecule has 0 bridgehead atoms. The van der Waals surface area contributed by atoms with Gasteiger partial charge in [-0.2, -0.15) is 0 Å². The van der Waals surface area contributed by atoms with Crippen molar-refractivity contribution >= 4 is 23.1 Å². The van der Waals surface area contributed by atoms with Crippen molar-refractivity contribution < 1.29 is 23.8 Å². The number of amides is 2. The fourth-order valence-corrected chi connectivity index (χ4v) is 3.27. The molecule has 7 nitrogen and oxygen atoms in total. The Morgan fingerprint density at radius 1 is 1.03 bits per heavy atom. The number of rotatable bonds is 7. The van der Waals surface area contributed by atoms with Gasteiger partial charge in [0.25, 0.3) is 11.8 Å². The molecule has 29 heavy (non-hydrogen) atoms. The van der Waals surface area contributed by atoms with Gasteiger partial charge in [-0.1, -0.05) is 30.3 Å². The third-order valence-corrected chi connectivity index (χ3v) is 4.64. The number of ether oxygens (including phenoxy) is 3. The Kier molecular flexibility index (Phi) is 5.22. The van der Waals surface area contributed by atoms with Gasteiger partial charge in [-0.25, -0.2) is 0 Å². The van der Waals surface area contributed by atoms with Crippen molar-refractivity contribution in [2.24, 2.45) is 0 Å². The number of nitrogens with zero attached hydrogens (tertiary/aromatic N) is 1. The van der Waals surface area contributed by atoms with Gasteiger partial charge in [0.1, 0.15) is 5.70 Å². The van der Waals surface area contributed by atoms with Crippen LogP contribution in [0.5, 0.6) is 11.5 Å². The zero-order chi connectivity index (χ0) is 20.4. The van der Waals surface area contributed by atoms with E-state index in [9.17, 15) is 9.59 Å². The first-order valence-electron chi connectivity index (χ1n) is 9.49. The van der Waals surface area contributed by atoms with Crippen LogP contribution >= 0.6 is 0 Å². The molecular formula is C22H22N2O5. The van der Waals surface area contributed by atoms with E-state index >= 15 is 0 Å². The molecule has 0 saturated heterocycles. The summed E-state index contributed by atoms with van der Waals surface area (Å²) in [4.78, 5) is 27.4. The second-order valence-electron chi connectivity index (χ2n) is 6.99. The number of anilines is 1. The number of imide groups is 1. The first-order chi connectivity index (χ1) is 14.0. The number of benzene rings is 2. The lowest BCUT2D eigenvalue weighted by atomic mass is 10.0. The summed E-state index contributed by atoms with van der Waals surface area (Å²) in [7, 11) is 0. The van der Waals surface area contributed by atoms with E-state index in [2.05, 4.69) is 5.32 Å². The predicted molar refractivity (Wildman–Crippen MR) is 107 cm³/mol. The average Bonchev–Trinajstić information content (AvgIpc) is 3.26. The molecule has 0 fully saturated rings. The molecule has 2 aromatic carbocycles. The van der Waals surface area contributed by atoms with Crippen LogP contribution in [0.25, 0.3) is 5.57 Å². The summed E-state index contributed by atoms with van der Waals surface area (Å²) in [5.41, 5.74) is 1.91. The van der Waals surface area contributed by atoms with E-state index in [0.29, 0.717) is 28.3 Å². The minimum Gasteiger partial charge on any atom is -0.454 e. The van der Waals surface area contributed by atoms with Crippen LogP contribution in [0.15, 0.2) is 54.2 Å². The molecule has 0 radical (unpaired) electrons. The highest BCUT2D eigenvalue weighted by molar-refractivity contribution is 6.36. The van der Waals surface area contributed by atoms with E-state index < -0.39 is 0 Å². The topological polar surface area (TPSA) is 77.1 Å². The molecule has 1 N–H and O–H groups in total. The Morgan fingerprint density at radius 2 is 1.79 bits per heavy atom. The third kappa shape index (κ3) is 3.82. The van der Waals surface area contributed by atoms with Gasteiger partial charge in [0.2, 0.25) is 6.79 Å². The summed E-state index contributed by atoms with van der Waals surface area (Å²) in [5, 5.41) is 3.12. The van der Waals surface area contributed by atoms with Gasteiger partial charge in [0.05, 0.1) is 24.8 Å². The summed E-state index contributed by atoms with van der Waals surface area (Å²) in [6.45, 7) is 4.46. The number of hydrogen-bond donors (Lipinski definition) is 1. The van der Waals surface area contributed by atoms with E-state index in [1.165, 1.54) is 4.90 Å². The van der Waals surface area contributed by atoms with Crippen LogP contribution in [0, 0.1) is 0 Å². The van der Waals surface area contributed by atoms with Gasteiger partial charge >= 0.3 is 0 Å². The lowest BCUT2D eigenvalue weighted by Crippen LogP contribution is -2.35. The van der Waals surface area contributed by atoms with Crippen LogP contribution in [0.2, 0.25) is 0 Å². The van der Waals surface area contributed by atoms with Gasteiger partial charge in [0, 0.05) is 11.8 Å². The second kappa shape index (κ2) is 7.97. The number of nitrogens with one attached hydrogen (secondary N) is 1. The molecule has 0 saturated carbocycles. The van der Waals surface area contributed by atoms with Crippen molar-refractivity contribution in [1.29, 1.82) is 0 Å². The van der Waals surface area contributed by atoms with Crippen LogP contribution in [0.4, 0.5) is 5.69 Å². The van der Waals surface area contributed by atoms with E-state index in [4.69, 9.17) is 14.2 Å². The fraction of sp³-hybridized carbons (Fsp3) is 0.273. The summed E-state index contributed by atoms with van der Waals surface area (Å²) in [5.74, 6) is 0.528. The Hall–Kier alpha value is -3.32. The minimum atomic E-state index is -0.376. The molecule has 0 aromatic heterocycles. The number of carbonyl (C=O) groups is 2. The summed E-state index contributed by atoms with van der Waals surface area (Å²) >= 11 is 0. The lowest BCUT2D eigenvalue weighted by Gasteiger charge is -2.16. The van der Waals surface area contributed by atoms with Gasteiger partial charge in [-0.15, -0.1) is 0 Å². The molecular weight excluding hydrogens is 372 g/mol. The Bertz CT molecular complexity index is 968. The fourth-order valence-electron chi connectivity index (χ4n) is 3.27. The number of carbonyl (C=O) groups excluding carboxylic acids is 2. The molecule has 2 aromatic rings. The Balaban J connectivity index is 1.65. The Morgan fingerprint density at radius 3 is 2.55 bits per heavy atom. The summed E-state index contributed by atoms with van der Waals surface area (Å²) < 4.78 is 16.3. The number of hydrogen-bond acceptors (Lipinski definition) is 6. The highest BCUT2D eigenvalue weighted by atomic mass is 16.7. The van der Waals surface area contributed by atoms with Crippen LogP contribution in [-0.2, 0) is 14.3 Å². The molecule has 0 atom stereocenters. The summed E-state index contributed by atoms with van der Waals surface area (Å²) in [6, 6.07) is 14.5. The monoisotopic (exact) mass is 394 g/mol. The van der Waals surface area contributed by atoms with Crippen molar-refractivity contribution in [2.75, 3.05) is 25.3 Å². The molecule has 150 valence electrons. The molecule has 2 amide bonds. The van der Waals surface area contributed by atoms with Crippen molar-refractivity contribution in [1.82, 2.24) is 4.90 Å². The maximum absolute atomic E-state index is 13.1. The maximum atomic E-state index is 13.1. The molecule has 4 rings (SSSR count). The van der Waals surface area contributed by atoms with E-state index in [1.807, 2.05) is 44.2 Å². The first kappa shape index (κ1) is 19.0. The van der Waals surface area contributed by atoms with Crippen molar-refractivity contribution in [2.45, 2.75) is 20.0 Å². The zero-order valence-corrected chi connectivity index (χ0v) is 16.3. The van der Waals surface area contributed by atoms with E-state index in [1.54, 1.807) is 18.2 Å². The van der Waals surface area contributed by atoms with Crippen molar-refractivity contribution in [3.8, 4) is 11.5 Å². The van der Waals surface area contributed by atoms with Gasteiger partial charge in [-0.05, 0) is 31.5 Å². The predicted octanol–water partition coefficient (Wildman–Crippen LogP) is 3.03. The SMILES string of the molecule is CC(C)OCCN1C(=O)C(Nc2ccc3c(c2)OCO3)=C(c2ccccc2)C1=O. The van der Waals surface area contributed by atoms with Crippen LogP contribution < -0.4 is 14.8 Å². The number of fused-ring (bicyclic) bond motifs is 1. The minimum absolute atomic E-state index is 0.0237. The molecule has 2 heterocycles. The Labute approximate surface area is 168 Å². The molecule has 2 aliphatic rings. The highest BCUT2D eigenvalue weighted by Gasteiger charge is 2.39. The quantitative estimate of drug-likeness (QED) is 0.728. The maximum Gasteiger partial charge on any atom is 0.278 e. The molecule has 0 aliphatic carbocycles. The first-order valence-corrected chi connectivity index (χ1v) is 9.49. The van der Waals surface area contributed by atoms with Crippen LogP contribution in [0.1, 0.15) is 19.4 Å². The highest BCUT2D eigenvalue weighted by Crippen LogP contribution is 2.36. The molecule has 0 unspecified atom stereocenters. The van der Waals surface area contributed by atoms with Crippen molar-refractivity contribution in [3.05, 3.63) is 59.8 Å². The van der Waals surface area contributed by atoms with E-state index in [-0.39, 0.29) is 43.6 Å². The largest absolute Gasteiger partial charge is 0.454 e. The standard InChI is InChI=1S/C22H22N2O5/c1-14(2)27-11-10-24-21(25)19(15-6-4-3-5-7-15)20(22(24)26)23-16-8-9-17-18(12-16)29-13-28-17/h3-9,12,14,23H,10-11,13H2,1-2H3. The van der Waals surface area contributed by atoms with Crippen molar-refractivity contribution in [3.63, 3.8) is 0 Å². The molecule has 7 heteroatoms. The normalized spacial score (nSPS) is 15.6. The average molecular weight is 394 g/mol. The second-order valence-corrected chi connectivity index (χ2v) is 6.99. The molecule has 2 aliphatic heterocycles. The lowest BCUT2D eigenvalue weighted by molar-refractivity contribution is -0.137. The van der Waals surface area contributed by atoms with Gasteiger partial charge in [-0.3, -0.25) is 14.5 Å². The van der Waals surface area contributed by atoms with Crippen LogP contribution in [-0.4, -0.2) is 42.8 Å². The molecule has 0 spiro atoms. The van der Waals surface area contributed by atoms with E-state index in [0.717, 1.165) is 0 Å². The third-order valence-electron chi connectivity index (χ3n) is 4.64. The smallest absolute Gasteiger partial charge is 0.278 e. The van der Waals surface area contributed by atoms with Crippen LogP contribution in [0.3, 0.4) is 0 Å².